The lowest BCUT2D eigenvalue weighted by atomic mass is 10.0. The maximum atomic E-state index is 12.9. The molecule has 0 aromatic heterocycles. The zero-order valence-corrected chi connectivity index (χ0v) is 14.8. The van der Waals surface area contributed by atoms with Crippen LogP contribution >= 0.6 is 0 Å². The molecule has 0 radical (unpaired) electrons. The average Bonchev–Trinajstić information content (AvgIpc) is 3.44. The van der Waals surface area contributed by atoms with Gasteiger partial charge < -0.3 is 15.1 Å². The molecule has 0 spiro atoms. The molecule has 25 heavy (non-hydrogen) atoms. The van der Waals surface area contributed by atoms with Gasteiger partial charge in [-0.2, -0.15) is 0 Å². The van der Waals surface area contributed by atoms with Crippen molar-refractivity contribution in [1.82, 2.24) is 15.1 Å². The van der Waals surface area contributed by atoms with E-state index >= 15 is 0 Å². The highest BCUT2D eigenvalue weighted by molar-refractivity contribution is 6.08. The molecule has 1 aliphatic heterocycles. The number of carbonyl (C=O) groups excluding carboxylic acids is 3. The third-order valence-electron chi connectivity index (χ3n) is 5.25. The Kier molecular flexibility index (Phi) is 4.79. The second kappa shape index (κ2) is 6.86. The number of nitrogens with zero attached hydrogens (tertiary/aromatic N) is 2. The predicted octanol–water partition coefficient (Wildman–Crippen LogP) is 1.33. The second-order valence-electron chi connectivity index (χ2n) is 6.99. The predicted molar refractivity (Wildman–Crippen MR) is 93.5 cm³/mol. The largest absolute Gasteiger partial charge is 0.349 e. The molecule has 0 bridgehead atoms. The first-order chi connectivity index (χ1) is 11.9. The van der Waals surface area contributed by atoms with Crippen molar-refractivity contribution in [2.45, 2.75) is 32.7 Å². The average molecular weight is 343 g/mol. The lowest BCUT2D eigenvalue weighted by Gasteiger charge is -2.36. The van der Waals surface area contributed by atoms with Crippen molar-refractivity contribution in [3.8, 4) is 0 Å². The van der Waals surface area contributed by atoms with Gasteiger partial charge in [-0.05, 0) is 25.3 Å². The van der Waals surface area contributed by atoms with Gasteiger partial charge in [0.15, 0.2) is 0 Å². The van der Waals surface area contributed by atoms with Crippen molar-refractivity contribution in [1.29, 1.82) is 0 Å². The summed E-state index contributed by atoms with van der Waals surface area (Å²) in [5.41, 5.74) is 0.121. The first-order valence-electron chi connectivity index (χ1n) is 8.85. The van der Waals surface area contributed by atoms with Gasteiger partial charge in [-0.3, -0.25) is 14.4 Å². The lowest BCUT2D eigenvalue weighted by Crippen LogP contribution is -2.54. The van der Waals surface area contributed by atoms with Crippen LogP contribution < -0.4 is 5.32 Å². The van der Waals surface area contributed by atoms with Gasteiger partial charge in [-0.25, -0.2) is 0 Å². The molecule has 1 N–H and O–H groups in total. The first kappa shape index (κ1) is 17.5. The fourth-order valence-electron chi connectivity index (χ4n) is 3.35. The van der Waals surface area contributed by atoms with E-state index in [1.54, 1.807) is 9.80 Å². The number of nitrogens with one attached hydrogen (secondary N) is 1. The molecule has 1 unspecified atom stereocenters. The van der Waals surface area contributed by atoms with Crippen molar-refractivity contribution in [2.75, 3.05) is 26.2 Å². The van der Waals surface area contributed by atoms with E-state index in [1.165, 1.54) is 6.92 Å². The number of hydrogen-bond donors (Lipinski definition) is 1. The van der Waals surface area contributed by atoms with Gasteiger partial charge in [-0.15, -0.1) is 0 Å². The fraction of sp³-hybridized carbons (Fsp3) is 0.526. The van der Waals surface area contributed by atoms with E-state index in [-0.39, 0.29) is 23.8 Å². The third-order valence-corrected chi connectivity index (χ3v) is 5.25. The van der Waals surface area contributed by atoms with E-state index in [2.05, 4.69) is 5.32 Å². The van der Waals surface area contributed by atoms with Gasteiger partial charge in [-0.1, -0.05) is 30.3 Å². The number of rotatable bonds is 4. The zero-order valence-electron chi connectivity index (χ0n) is 14.8. The van der Waals surface area contributed by atoms with Gasteiger partial charge in [0.2, 0.25) is 17.7 Å². The molecule has 3 amide bonds. The number of carbonyl (C=O) groups is 3. The summed E-state index contributed by atoms with van der Waals surface area (Å²) in [5, 5.41) is 2.99. The van der Waals surface area contributed by atoms with Gasteiger partial charge >= 0.3 is 0 Å². The Hall–Kier alpha value is -2.37. The summed E-state index contributed by atoms with van der Waals surface area (Å²) in [6.45, 7) is 5.56. The van der Waals surface area contributed by atoms with E-state index < -0.39 is 5.41 Å². The Morgan fingerprint density at radius 2 is 1.56 bits per heavy atom. The summed E-state index contributed by atoms with van der Waals surface area (Å²) < 4.78 is 0. The molecular formula is C19H25N3O3. The van der Waals surface area contributed by atoms with E-state index in [0.717, 1.165) is 5.56 Å². The van der Waals surface area contributed by atoms with Crippen LogP contribution in [0, 0.1) is 5.41 Å². The highest BCUT2D eigenvalue weighted by Gasteiger charge is 2.58. The van der Waals surface area contributed by atoms with Crippen LogP contribution in [0.4, 0.5) is 0 Å². The highest BCUT2D eigenvalue weighted by Crippen LogP contribution is 2.48. The minimum absolute atomic E-state index is 0.0302. The van der Waals surface area contributed by atoms with Crippen molar-refractivity contribution in [3.63, 3.8) is 0 Å². The van der Waals surface area contributed by atoms with Crippen LogP contribution in [-0.4, -0.2) is 53.7 Å². The Bertz CT molecular complexity index is 662. The summed E-state index contributed by atoms with van der Waals surface area (Å²) in [4.78, 5) is 40.5. The highest BCUT2D eigenvalue weighted by atomic mass is 16.2. The molecule has 1 aromatic rings. The van der Waals surface area contributed by atoms with Crippen molar-refractivity contribution in [3.05, 3.63) is 35.9 Å². The van der Waals surface area contributed by atoms with Crippen LogP contribution in [0.2, 0.25) is 0 Å². The van der Waals surface area contributed by atoms with Crippen LogP contribution in [0.15, 0.2) is 30.3 Å². The minimum atomic E-state index is -0.901. The SMILES string of the molecule is CC(=O)N1CCN(C(=O)C2(C(=O)NC(C)c3ccccc3)CC2)CC1. The molecule has 1 heterocycles. The molecular weight excluding hydrogens is 318 g/mol. The maximum absolute atomic E-state index is 12.9. The zero-order chi connectivity index (χ0) is 18.0. The van der Waals surface area contributed by atoms with E-state index in [1.807, 2.05) is 37.3 Å². The van der Waals surface area contributed by atoms with Gasteiger partial charge in [0.1, 0.15) is 5.41 Å². The van der Waals surface area contributed by atoms with Crippen LogP contribution in [0.5, 0.6) is 0 Å². The summed E-state index contributed by atoms with van der Waals surface area (Å²) >= 11 is 0. The number of hydrogen-bond acceptors (Lipinski definition) is 3. The molecule has 1 atom stereocenters. The Morgan fingerprint density at radius 1 is 1.00 bits per heavy atom. The molecule has 3 rings (SSSR count). The standard InChI is InChI=1S/C19H25N3O3/c1-14(16-6-4-3-5-7-16)20-17(24)19(8-9-19)18(25)22-12-10-21(11-13-22)15(2)23/h3-7,14H,8-13H2,1-2H3,(H,20,24). The number of amides is 3. The lowest BCUT2D eigenvalue weighted by molar-refractivity contribution is -0.147. The molecule has 1 aromatic carbocycles. The van der Waals surface area contributed by atoms with Gasteiger partial charge in [0, 0.05) is 33.1 Å². The van der Waals surface area contributed by atoms with E-state index in [4.69, 9.17) is 0 Å². The van der Waals surface area contributed by atoms with Crippen molar-refractivity contribution < 1.29 is 14.4 Å². The summed E-state index contributed by atoms with van der Waals surface area (Å²) in [6, 6.07) is 9.61. The van der Waals surface area contributed by atoms with Crippen LogP contribution in [-0.2, 0) is 14.4 Å². The summed E-state index contributed by atoms with van der Waals surface area (Å²) in [5.74, 6) is -0.237. The smallest absolute Gasteiger partial charge is 0.238 e. The normalized spacial score (nSPS) is 19.9. The molecule has 6 nitrogen and oxygen atoms in total. The van der Waals surface area contributed by atoms with Gasteiger partial charge in [0.05, 0.1) is 6.04 Å². The summed E-state index contributed by atoms with van der Waals surface area (Å²) in [7, 11) is 0. The number of benzene rings is 1. The monoisotopic (exact) mass is 343 g/mol. The summed E-state index contributed by atoms with van der Waals surface area (Å²) in [6.07, 6.45) is 1.21. The topological polar surface area (TPSA) is 69.7 Å². The number of piperazine rings is 1. The Balaban J connectivity index is 1.61. The quantitative estimate of drug-likeness (QED) is 0.839. The van der Waals surface area contributed by atoms with Crippen LogP contribution in [0.25, 0.3) is 0 Å². The van der Waals surface area contributed by atoms with Crippen LogP contribution in [0.3, 0.4) is 0 Å². The molecule has 2 fully saturated rings. The fourth-order valence-corrected chi connectivity index (χ4v) is 3.35. The van der Waals surface area contributed by atoms with Crippen molar-refractivity contribution in [2.24, 2.45) is 5.41 Å². The minimum Gasteiger partial charge on any atom is -0.349 e. The van der Waals surface area contributed by atoms with E-state index in [9.17, 15) is 14.4 Å². The molecule has 1 saturated heterocycles. The Morgan fingerprint density at radius 3 is 2.08 bits per heavy atom. The third kappa shape index (κ3) is 3.52. The maximum Gasteiger partial charge on any atom is 0.238 e. The molecule has 134 valence electrons. The van der Waals surface area contributed by atoms with Gasteiger partial charge in [0.25, 0.3) is 0 Å². The second-order valence-corrected chi connectivity index (χ2v) is 6.99. The van der Waals surface area contributed by atoms with Crippen LogP contribution in [0.1, 0.15) is 38.3 Å². The molecule has 2 aliphatic rings. The first-order valence-corrected chi connectivity index (χ1v) is 8.85. The van der Waals surface area contributed by atoms with Crippen molar-refractivity contribution >= 4 is 17.7 Å². The van der Waals surface area contributed by atoms with E-state index in [0.29, 0.717) is 39.0 Å². The Labute approximate surface area is 148 Å². The molecule has 1 aliphatic carbocycles. The molecule has 6 heteroatoms. The molecule has 1 saturated carbocycles.